The number of allylic oxidation sites excluding steroid dienone is 1. The number of hydrogen-bond acceptors (Lipinski definition) is 3. The zero-order valence-electron chi connectivity index (χ0n) is 11.7. The van der Waals surface area contributed by atoms with Crippen molar-refractivity contribution in [3.8, 4) is 0 Å². The average Bonchev–Trinajstić information content (AvgIpc) is 2.58. The van der Waals surface area contributed by atoms with Crippen molar-refractivity contribution in [1.29, 1.82) is 0 Å². The molecule has 0 unspecified atom stereocenters. The van der Waals surface area contributed by atoms with Gasteiger partial charge in [-0.05, 0) is 19.8 Å². The highest BCUT2D eigenvalue weighted by atomic mass is 16.6. The molecule has 0 aromatic heterocycles. The van der Waals surface area contributed by atoms with Crippen molar-refractivity contribution in [2.75, 3.05) is 0 Å². The predicted octanol–water partition coefficient (Wildman–Crippen LogP) is 3.36. The van der Waals surface area contributed by atoms with Gasteiger partial charge in [0.25, 0.3) is 0 Å². The molecule has 0 amide bonds. The molecule has 0 radical (unpaired) electrons. The molecule has 0 aromatic carbocycles. The number of carbonyl (C=O) groups excluding carboxylic acids is 1. The van der Waals surface area contributed by atoms with Crippen LogP contribution in [-0.2, 0) is 9.53 Å². The Morgan fingerprint density at radius 1 is 1.17 bits per heavy atom. The minimum atomic E-state index is -0.734. The fraction of sp³-hybridized carbons (Fsp3) is 0.800. The molecule has 104 valence electrons. The van der Waals surface area contributed by atoms with Crippen LogP contribution in [0.1, 0.15) is 65.2 Å². The van der Waals surface area contributed by atoms with Crippen molar-refractivity contribution in [3.05, 3.63) is 11.6 Å². The van der Waals surface area contributed by atoms with Crippen molar-refractivity contribution in [1.82, 2.24) is 0 Å². The Morgan fingerprint density at radius 2 is 1.78 bits per heavy atom. The minimum Gasteiger partial charge on any atom is -0.456 e. The zero-order chi connectivity index (χ0) is 13.4. The molecule has 3 nitrogen and oxygen atoms in total. The van der Waals surface area contributed by atoms with E-state index in [0.29, 0.717) is 5.57 Å². The Kier molecular flexibility index (Phi) is 7.02. The van der Waals surface area contributed by atoms with Crippen LogP contribution >= 0.6 is 0 Å². The number of hydrogen-bond donors (Lipinski definition) is 1. The molecule has 1 aliphatic rings. The maximum Gasteiger partial charge on any atom is 0.336 e. The highest BCUT2D eigenvalue weighted by Crippen LogP contribution is 2.21. The first-order valence-electron chi connectivity index (χ1n) is 7.26. The van der Waals surface area contributed by atoms with Crippen LogP contribution in [0.25, 0.3) is 0 Å². The Hall–Kier alpha value is -0.830. The summed E-state index contributed by atoms with van der Waals surface area (Å²) in [7, 11) is 0. The van der Waals surface area contributed by atoms with Crippen LogP contribution in [0.5, 0.6) is 0 Å². The molecule has 1 rings (SSSR count). The first-order chi connectivity index (χ1) is 8.66. The molecule has 18 heavy (non-hydrogen) atoms. The van der Waals surface area contributed by atoms with Gasteiger partial charge in [0.2, 0.25) is 0 Å². The number of aliphatic hydroxyl groups is 1. The third kappa shape index (κ3) is 4.81. The van der Waals surface area contributed by atoms with E-state index in [4.69, 9.17) is 4.74 Å². The molecule has 0 aromatic rings. The molecule has 1 aliphatic heterocycles. The summed E-state index contributed by atoms with van der Waals surface area (Å²) in [4.78, 5) is 11.4. The molecular formula is C15H26O3. The van der Waals surface area contributed by atoms with E-state index in [1.54, 1.807) is 6.92 Å². The Bertz CT molecular complexity index is 283. The second-order valence-corrected chi connectivity index (χ2v) is 5.12. The van der Waals surface area contributed by atoms with E-state index in [2.05, 4.69) is 6.92 Å². The number of aliphatic hydroxyl groups excluding tert-OH is 1. The first-order valence-corrected chi connectivity index (χ1v) is 7.26. The second-order valence-electron chi connectivity index (χ2n) is 5.12. The van der Waals surface area contributed by atoms with E-state index in [-0.39, 0.29) is 5.97 Å². The lowest BCUT2D eigenvalue weighted by atomic mass is 10.0. The fourth-order valence-corrected chi connectivity index (χ4v) is 2.24. The Labute approximate surface area is 110 Å². The van der Waals surface area contributed by atoms with Crippen LogP contribution in [-0.4, -0.2) is 23.3 Å². The lowest BCUT2D eigenvalue weighted by molar-refractivity contribution is -0.138. The fourth-order valence-electron chi connectivity index (χ4n) is 2.24. The van der Waals surface area contributed by atoms with Crippen molar-refractivity contribution < 1.29 is 14.6 Å². The minimum absolute atomic E-state index is 0.349. The van der Waals surface area contributed by atoms with Crippen LogP contribution in [0.3, 0.4) is 0 Å². The van der Waals surface area contributed by atoms with Gasteiger partial charge < -0.3 is 9.84 Å². The summed E-state index contributed by atoms with van der Waals surface area (Å²) >= 11 is 0. The molecule has 1 saturated heterocycles. The second kappa shape index (κ2) is 8.30. The predicted molar refractivity (Wildman–Crippen MR) is 72.3 cm³/mol. The number of unbranched alkanes of at least 4 members (excludes halogenated alkanes) is 7. The van der Waals surface area contributed by atoms with Crippen molar-refractivity contribution >= 4 is 5.97 Å². The summed E-state index contributed by atoms with van der Waals surface area (Å²) in [6, 6.07) is 0. The number of rotatable bonds is 8. The monoisotopic (exact) mass is 254 g/mol. The van der Waals surface area contributed by atoms with E-state index in [9.17, 15) is 9.90 Å². The van der Waals surface area contributed by atoms with E-state index in [1.807, 2.05) is 6.08 Å². The third-order valence-corrected chi connectivity index (χ3v) is 3.46. The van der Waals surface area contributed by atoms with Gasteiger partial charge in [0, 0.05) is 0 Å². The summed E-state index contributed by atoms with van der Waals surface area (Å²) in [5.74, 6) is -0.349. The van der Waals surface area contributed by atoms with Crippen molar-refractivity contribution in [2.45, 2.75) is 77.4 Å². The maximum absolute atomic E-state index is 11.4. The van der Waals surface area contributed by atoms with Crippen LogP contribution in [0.15, 0.2) is 11.6 Å². The van der Waals surface area contributed by atoms with Crippen molar-refractivity contribution in [2.24, 2.45) is 0 Å². The number of carbonyl (C=O) groups is 1. The molecule has 1 N–H and O–H groups in total. The number of cyclic esters (lactones) is 1. The number of esters is 1. The van der Waals surface area contributed by atoms with Crippen LogP contribution in [0.2, 0.25) is 0 Å². The molecule has 1 heterocycles. The van der Waals surface area contributed by atoms with E-state index in [0.717, 1.165) is 12.8 Å². The van der Waals surface area contributed by atoms with E-state index < -0.39 is 12.2 Å². The van der Waals surface area contributed by atoms with Gasteiger partial charge in [-0.3, -0.25) is 0 Å². The zero-order valence-corrected chi connectivity index (χ0v) is 11.7. The normalized spacial score (nSPS) is 25.7. The molecule has 2 atom stereocenters. The lowest BCUT2D eigenvalue weighted by Crippen LogP contribution is -2.17. The van der Waals surface area contributed by atoms with Gasteiger partial charge in [-0.15, -0.1) is 0 Å². The van der Waals surface area contributed by atoms with Gasteiger partial charge in [-0.2, -0.15) is 0 Å². The summed E-state index contributed by atoms with van der Waals surface area (Å²) in [6.07, 6.45) is 10.4. The van der Waals surface area contributed by atoms with Crippen LogP contribution in [0, 0.1) is 0 Å². The Balaban J connectivity index is 2.11. The van der Waals surface area contributed by atoms with Gasteiger partial charge in [-0.1, -0.05) is 51.5 Å². The van der Waals surface area contributed by atoms with Gasteiger partial charge in [0.15, 0.2) is 0 Å². The standard InChI is InChI=1S/C15H26O3/c1-3-4-5-6-7-8-9-10-11-13-14(16)12(2)18-15(13)17/h11-12,14,16H,3-10H2,1-2H3/b13-11+/t12-,14+/m0/s1. The van der Waals surface area contributed by atoms with Gasteiger partial charge in [0.05, 0.1) is 5.57 Å². The molecule has 0 saturated carbocycles. The SMILES string of the molecule is CCCCCCCCC/C=C1/C(=O)O[C@@H](C)[C@H]1O. The summed E-state index contributed by atoms with van der Waals surface area (Å²) < 4.78 is 4.95. The molecular weight excluding hydrogens is 228 g/mol. The molecule has 0 aliphatic carbocycles. The highest BCUT2D eigenvalue weighted by molar-refractivity contribution is 5.92. The average molecular weight is 254 g/mol. The molecule has 3 heteroatoms. The van der Waals surface area contributed by atoms with E-state index >= 15 is 0 Å². The Morgan fingerprint density at radius 3 is 2.33 bits per heavy atom. The largest absolute Gasteiger partial charge is 0.456 e. The summed E-state index contributed by atoms with van der Waals surface area (Å²) in [5.41, 5.74) is 0.452. The number of ether oxygens (including phenoxy) is 1. The highest BCUT2D eigenvalue weighted by Gasteiger charge is 2.34. The third-order valence-electron chi connectivity index (χ3n) is 3.46. The van der Waals surface area contributed by atoms with Crippen molar-refractivity contribution in [3.63, 3.8) is 0 Å². The van der Waals surface area contributed by atoms with Gasteiger partial charge in [-0.25, -0.2) is 4.79 Å². The summed E-state index contributed by atoms with van der Waals surface area (Å²) in [5, 5.41) is 9.71. The topological polar surface area (TPSA) is 46.5 Å². The first kappa shape index (κ1) is 15.2. The van der Waals surface area contributed by atoms with Gasteiger partial charge >= 0.3 is 5.97 Å². The molecule has 0 spiro atoms. The van der Waals surface area contributed by atoms with E-state index in [1.165, 1.54) is 38.5 Å². The quantitative estimate of drug-likeness (QED) is 0.410. The summed E-state index contributed by atoms with van der Waals surface area (Å²) in [6.45, 7) is 3.94. The molecule has 0 bridgehead atoms. The van der Waals surface area contributed by atoms with Crippen LogP contribution in [0.4, 0.5) is 0 Å². The lowest BCUT2D eigenvalue weighted by Gasteiger charge is -2.04. The maximum atomic E-state index is 11.4. The van der Waals surface area contributed by atoms with Gasteiger partial charge in [0.1, 0.15) is 12.2 Å². The smallest absolute Gasteiger partial charge is 0.336 e. The molecule has 1 fully saturated rings. The van der Waals surface area contributed by atoms with Crippen LogP contribution < -0.4 is 0 Å².